The van der Waals surface area contributed by atoms with E-state index < -0.39 is 11.2 Å². The number of benzene rings is 1. The maximum absolute atomic E-state index is 12.7. The number of piperidine rings is 1. The molecule has 0 spiro atoms. The fourth-order valence-corrected chi connectivity index (χ4v) is 4.06. The van der Waals surface area contributed by atoms with Crippen LogP contribution in [-0.2, 0) is 17.6 Å². The molecule has 1 atom stereocenters. The van der Waals surface area contributed by atoms with Crippen LogP contribution in [0.5, 0.6) is 11.5 Å². The van der Waals surface area contributed by atoms with Gasteiger partial charge in [0, 0.05) is 24.8 Å². The Bertz CT molecular complexity index is 1010. The van der Waals surface area contributed by atoms with Crippen molar-refractivity contribution in [2.24, 2.45) is 5.41 Å². The van der Waals surface area contributed by atoms with Gasteiger partial charge in [0.05, 0.1) is 6.42 Å². The van der Waals surface area contributed by atoms with E-state index in [9.17, 15) is 14.4 Å². The molecule has 2 N–H and O–H groups in total. The van der Waals surface area contributed by atoms with Crippen molar-refractivity contribution < 1.29 is 14.3 Å². The number of aromatic nitrogens is 2. The molecule has 1 aromatic carbocycles. The van der Waals surface area contributed by atoms with Crippen molar-refractivity contribution >= 4 is 5.91 Å². The van der Waals surface area contributed by atoms with E-state index in [-0.39, 0.29) is 30.1 Å². The lowest BCUT2D eigenvalue weighted by atomic mass is 9.77. The lowest BCUT2D eigenvalue weighted by molar-refractivity contribution is -0.133. The third-order valence-corrected chi connectivity index (χ3v) is 5.44. The molecule has 2 aliphatic heterocycles. The van der Waals surface area contributed by atoms with Crippen LogP contribution in [0.15, 0.2) is 34.0 Å². The summed E-state index contributed by atoms with van der Waals surface area (Å²) in [5.74, 6) is 1.43. The number of aromatic amines is 2. The summed E-state index contributed by atoms with van der Waals surface area (Å²) in [5, 5.41) is 0. The van der Waals surface area contributed by atoms with Crippen molar-refractivity contribution in [2.45, 2.75) is 32.6 Å². The van der Waals surface area contributed by atoms with Crippen LogP contribution in [0.4, 0.5) is 0 Å². The van der Waals surface area contributed by atoms with Crippen LogP contribution in [0.25, 0.3) is 0 Å². The number of nitrogens with one attached hydrogen (secondary N) is 2. The zero-order chi connectivity index (χ0) is 19.7. The molecule has 0 aliphatic carbocycles. The number of rotatable bonds is 4. The van der Waals surface area contributed by atoms with E-state index in [2.05, 4.69) is 16.9 Å². The maximum Gasteiger partial charge on any atom is 0.325 e. The number of ether oxygens (including phenoxy) is 2. The zero-order valence-corrected chi connectivity index (χ0v) is 15.7. The Morgan fingerprint density at radius 1 is 1.25 bits per heavy atom. The molecule has 8 nitrogen and oxygen atoms in total. The maximum atomic E-state index is 12.7. The summed E-state index contributed by atoms with van der Waals surface area (Å²) >= 11 is 0. The summed E-state index contributed by atoms with van der Waals surface area (Å²) in [6.07, 6.45) is 4.05. The second kappa shape index (κ2) is 7.18. The number of nitrogens with zero attached hydrogens (tertiary/aromatic N) is 1. The third kappa shape index (κ3) is 3.81. The van der Waals surface area contributed by atoms with Gasteiger partial charge in [0.1, 0.15) is 0 Å². The molecular formula is C20H23N3O5. The van der Waals surface area contributed by atoms with E-state index in [1.807, 2.05) is 23.1 Å². The molecule has 2 aromatic rings. The molecule has 3 heterocycles. The lowest BCUT2D eigenvalue weighted by Crippen LogP contribution is -2.46. The highest BCUT2D eigenvalue weighted by Gasteiger charge is 2.33. The number of amides is 1. The molecule has 0 saturated carbocycles. The first kappa shape index (κ1) is 18.3. The molecule has 1 fully saturated rings. The topological polar surface area (TPSA) is 104 Å². The monoisotopic (exact) mass is 385 g/mol. The fraction of sp³-hybridized carbons (Fsp3) is 0.450. The fourth-order valence-electron chi connectivity index (χ4n) is 4.06. The van der Waals surface area contributed by atoms with Gasteiger partial charge in [-0.1, -0.05) is 13.0 Å². The van der Waals surface area contributed by atoms with E-state index >= 15 is 0 Å². The summed E-state index contributed by atoms with van der Waals surface area (Å²) in [6.45, 7) is 3.74. The van der Waals surface area contributed by atoms with E-state index in [1.165, 1.54) is 6.20 Å². The summed E-state index contributed by atoms with van der Waals surface area (Å²) in [6, 6.07) is 5.98. The molecule has 1 unspecified atom stereocenters. The number of likely N-dealkylation sites (tertiary alicyclic amines) is 1. The van der Waals surface area contributed by atoms with E-state index in [0.717, 1.165) is 36.3 Å². The highest BCUT2D eigenvalue weighted by atomic mass is 16.7. The van der Waals surface area contributed by atoms with Gasteiger partial charge in [-0.2, -0.15) is 0 Å². The molecule has 2 aliphatic rings. The highest BCUT2D eigenvalue weighted by Crippen LogP contribution is 2.37. The SMILES string of the molecule is CC1(Cc2ccc3c(c2)OCO3)CCCN(C(=O)Cc2c[nH]c(=O)[nH]c2=O)C1. The molecule has 28 heavy (non-hydrogen) atoms. The van der Waals surface area contributed by atoms with Crippen molar-refractivity contribution in [3.63, 3.8) is 0 Å². The van der Waals surface area contributed by atoms with Gasteiger partial charge in [-0.25, -0.2) is 4.79 Å². The smallest absolute Gasteiger partial charge is 0.325 e. The Hall–Kier alpha value is -3.03. The second-order valence-electron chi connectivity index (χ2n) is 7.87. The first-order valence-corrected chi connectivity index (χ1v) is 9.39. The highest BCUT2D eigenvalue weighted by molar-refractivity contribution is 5.78. The molecule has 1 aromatic heterocycles. The van der Waals surface area contributed by atoms with Crippen molar-refractivity contribution in [3.05, 3.63) is 56.4 Å². The summed E-state index contributed by atoms with van der Waals surface area (Å²) in [5.41, 5.74) is 0.275. The average Bonchev–Trinajstić information content (AvgIpc) is 3.11. The Balaban J connectivity index is 1.44. The van der Waals surface area contributed by atoms with Crippen LogP contribution in [0, 0.1) is 5.41 Å². The van der Waals surface area contributed by atoms with Crippen molar-refractivity contribution in [2.75, 3.05) is 19.9 Å². The zero-order valence-electron chi connectivity index (χ0n) is 15.7. The van der Waals surface area contributed by atoms with Gasteiger partial charge in [0.2, 0.25) is 12.7 Å². The Morgan fingerprint density at radius 2 is 2.07 bits per heavy atom. The second-order valence-corrected chi connectivity index (χ2v) is 7.87. The van der Waals surface area contributed by atoms with Gasteiger partial charge in [-0.05, 0) is 42.4 Å². The van der Waals surface area contributed by atoms with Crippen LogP contribution in [-0.4, -0.2) is 40.7 Å². The molecule has 4 rings (SSSR count). The summed E-state index contributed by atoms with van der Waals surface area (Å²) in [4.78, 5) is 42.1. The summed E-state index contributed by atoms with van der Waals surface area (Å²) < 4.78 is 10.8. The van der Waals surface area contributed by atoms with E-state index in [1.54, 1.807) is 0 Å². The van der Waals surface area contributed by atoms with Crippen molar-refractivity contribution in [1.29, 1.82) is 0 Å². The van der Waals surface area contributed by atoms with Crippen molar-refractivity contribution in [3.8, 4) is 11.5 Å². The molecule has 1 amide bonds. The minimum atomic E-state index is -0.574. The molecule has 0 radical (unpaired) electrons. The first-order chi connectivity index (χ1) is 13.4. The van der Waals surface area contributed by atoms with E-state index in [0.29, 0.717) is 13.1 Å². The number of hydrogen-bond acceptors (Lipinski definition) is 5. The van der Waals surface area contributed by atoms with Crippen LogP contribution >= 0.6 is 0 Å². The molecular weight excluding hydrogens is 362 g/mol. The number of fused-ring (bicyclic) bond motifs is 1. The number of carbonyl (C=O) groups excluding carboxylic acids is 1. The van der Waals surface area contributed by atoms with Gasteiger partial charge in [0.25, 0.3) is 5.56 Å². The number of carbonyl (C=O) groups is 1. The van der Waals surface area contributed by atoms with Crippen LogP contribution < -0.4 is 20.7 Å². The average molecular weight is 385 g/mol. The van der Waals surface area contributed by atoms with Crippen molar-refractivity contribution in [1.82, 2.24) is 14.9 Å². The lowest BCUT2D eigenvalue weighted by Gasteiger charge is -2.41. The predicted octanol–water partition coefficient (Wildman–Crippen LogP) is 1.21. The van der Waals surface area contributed by atoms with E-state index in [4.69, 9.17) is 9.47 Å². The minimum Gasteiger partial charge on any atom is -0.454 e. The Labute approximate surface area is 161 Å². The molecule has 1 saturated heterocycles. The normalized spacial score (nSPS) is 21.0. The molecule has 8 heteroatoms. The predicted molar refractivity (Wildman–Crippen MR) is 102 cm³/mol. The minimum absolute atomic E-state index is 0.0216. The number of hydrogen-bond donors (Lipinski definition) is 2. The standard InChI is InChI=1S/C20H23N3O5/c1-20(9-13-3-4-15-16(7-13)28-12-27-15)5-2-6-23(11-20)17(24)8-14-10-21-19(26)22-18(14)25/h3-4,7,10H,2,5-6,8-9,11-12H2,1H3,(H2,21,22,25,26). The largest absolute Gasteiger partial charge is 0.454 e. The quantitative estimate of drug-likeness (QED) is 0.823. The molecule has 0 bridgehead atoms. The van der Waals surface area contributed by atoms with Gasteiger partial charge in [0.15, 0.2) is 11.5 Å². The van der Waals surface area contributed by atoms with Gasteiger partial charge in [-0.3, -0.25) is 14.6 Å². The molecule has 148 valence electrons. The van der Waals surface area contributed by atoms with Crippen LogP contribution in [0.1, 0.15) is 30.9 Å². The van der Waals surface area contributed by atoms with Gasteiger partial charge in [-0.15, -0.1) is 0 Å². The third-order valence-electron chi connectivity index (χ3n) is 5.44. The van der Waals surface area contributed by atoms with Gasteiger partial charge >= 0.3 is 5.69 Å². The first-order valence-electron chi connectivity index (χ1n) is 9.39. The Kier molecular flexibility index (Phi) is 4.70. The van der Waals surface area contributed by atoms with Gasteiger partial charge < -0.3 is 19.4 Å². The van der Waals surface area contributed by atoms with Crippen LogP contribution in [0.2, 0.25) is 0 Å². The van der Waals surface area contributed by atoms with Crippen LogP contribution in [0.3, 0.4) is 0 Å². The number of H-pyrrole nitrogens is 2. The summed E-state index contributed by atoms with van der Waals surface area (Å²) in [7, 11) is 0. The Morgan fingerprint density at radius 3 is 2.89 bits per heavy atom.